The van der Waals surface area contributed by atoms with Gasteiger partial charge in [0, 0.05) is 30.9 Å². The van der Waals surface area contributed by atoms with E-state index in [1.54, 1.807) is 23.5 Å². The molecule has 20 heavy (non-hydrogen) atoms. The number of fused-ring (bicyclic) bond motifs is 1. The number of aliphatic imine (C=N–C) groups is 1. The molecule has 0 saturated heterocycles. The normalized spacial score (nSPS) is 16.6. The predicted octanol–water partition coefficient (Wildman–Crippen LogP) is 1.72. The summed E-state index contributed by atoms with van der Waals surface area (Å²) in [7, 11) is 0. The van der Waals surface area contributed by atoms with Crippen LogP contribution in [0.15, 0.2) is 45.4 Å². The van der Waals surface area contributed by atoms with Gasteiger partial charge in [0.15, 0.2) is 5.82 Å². The van der Waals surface area contributed by atoms with Gasteiger partial charge in [-0.3, -0.25) is 14.8 Å². The number of hydrazine groups is 1. The molecule has 0 saturated carbocycles. The molecule has 3 rings (SSSR count). The maximum atomic E-state index is 12.4. The van der Waals surface area contributed by atoms with Crippen LogP contribution in [-0.2, 0) is 4.79 Å². The molecule has 0 aromatic carbocycles. The van der Waals surface area contributed by atoms with Gasteiger partial charge in [0.25, 0.3) is 5.91 Å². The number of aryl methyl sites for hydroxylation is 1. The van der Waals surface area contributed by atoms with Crippen molar-refractivity contribution in [2.45, 2.75) is 6.92 Å². The Hall–Kier alpha value is -1.99. The van der Waals surface area contributed by atoms with E-state index in [0.29, 0.717) is 23.6 Å². The van der Waals surface area contributed by atoms with E-state index in [-0.39, 0.29) is 5.91 Å². The van der Waals surface area contributed by atoms with E-state index < -0.39 is 0 Å². The van der Waals surface area contributed by atoms with Gasteiger partial charge in [0.2, 0.25) is 0 Å². The third kappa shape index (κ3) is 2.37. The summed E-state index contributed by atoms with van der Waals surface area (Å²) in [4.78, 5) is 20.7. The molecule has 1 amide bonds. The number of carbonyl (C=O) groups excluding carboxylic acids is 1. The van der Waals surface area contributed by atoms with Crippen LogP contribution >= 0.6 is 15.9 Å². The van der Waals surface area contributed by atoms with Crippen molar-refractivity contribution in [2.24, 2.45) is 4.99 Å². The number of hydrogen-bond donors (Lipinski definition) is 2. The van der Waals surface area contributed by atoms with Crippen LogP contribution in [0.25, 0.3) is 0 Å². The standard InChI is InChI=1S/C13H12BrN5O/c1-8-5-11(10(14)7-16-8)18-13(20)9-6-17-19-4-2-3-15-12(9)19/h2-5,7,17H,6H2,1H3,(H,16,18,20). The molecular formula is C13H12BrN5O. The monoisotopic (exact) mass is 333 g/mol. The van der Waals surface area contributed by atoms with Crippen molar-refractivity contribution in [1.82, 2.24) is 15.4 Å². The first-order valence-electron chi connectivity index (χ1n) is 6.05. The zero-order chi connectivity index (χ0) is 14.1. The minimum Gasteiger partial charge on any atom is -0.321 e. The largest absolute Gasteiger partial charge is 0.321 e. The summed E-state index contributed by atoms with van der Waals surface area (Å²) >= 11 is 3.38. The van der Waals surface area contributed by atoms with E-state index in [4.69, 9.17) is 0 Å². The summed E-state index contributed by atoms with van der Waals surface area (Å²) in [6.07, 6.45) is 6.97. The highest BCUT2D eigenvalue weighted by molar-refractivity contribution is 9.10. The van der Waals surface area contributed by atoms with Crippen LogP contribution in [0.5, 0.6) is 0 Å². The van der Waals surface area contributed by atoms with Crippen LogP contribution in [0.3, 0.4) is 0 Å². The molecule has 0 atom stereocenters. The topological polar surface area (TPSA) is 69.6 Å². The predicted molar refractivity (Wildman–Crippen MR) is 79.8 cm³/mol. The van der Waals surface area contributed by atoms with Crippen molar-refractivity contribution in [1.29, 1.82) is 0 Å². The lowest BCUT2D eigenvalue weighted by molar-refractivity contribution is -0.112. The van der Waals surface area contributed by atoms with E-state index in [9.17, 15) is 4.79 Å². The second-order valence-corrected chi connectivity index (χ2v) is 5.24. The fourth-order valence-electron chi connectivity index (χ4n) is 1.98. The zero-order valence-corrected chi connectivity index (χ0v) is 12.3. The molecule has 1 aromatic heterocycles. The van der Waals surface area contributed by atoms with Gasteiger partial charge in [0.05, 0.1) is 15.7 Å². The molecule has 0 bridgehead atoms. The van der Waals surface area contributed by atoms with Crippen LogP contribution in [0, 0.1) is 6.92 Å². The van der Waals surface area contributed by atoms with Gasteiger partial charge in [-0.25, -0.2) is 10.4 Å². The second-order valence-electron chi connectivity index (χ2n) is 4.39. The van der Waals surface area contributed by atoms with Gasteiger partial charge in [-0.2, -0.15) is 0 Å². The van der Waals surface area contributed by atoms with Crippen molar-refractivity contribution in [3.63, 3.8) is 0 Å². The fraction of sp³-hybridized carbons (Fsp3) is 0.154. The van der Waals surface area contributed by atoms with E-state index >= 15 is 0 Å². The summed E-state index contributed by atoms with van der Waals surface area (Å²) in [5.74, 6) is 0.459. The minimum atomic E-state index is -0.172. The highest BCUT2D eigenvalue weighted by Crippen LogP contribution is 2.24. The number of allylic oxidation sites excluding steroid dienone is 1. The van der Waals surface area contributed by atoms with Gasteiger partial charge < -0.3 is 5.32 Å². The Kier molecular flexibility index (Phi) is 3.37. The third-order valence-corrected chi connectivity index (χ3v) is 3.59. The van der Waals surface area contributed by atoms with Gasteiger partial charge in [-0.05, 0) is 35.0 Å². The van der Waals surface area contributed by atoms with Crippen LogP contribution in [0.2, 0.25) is 0 Å². The van der Waals surface area contributed by atoms with Gasteiger partial charge >= 0.3 is 0 Å². The van der Waals surface area contributed by atoms with E-state index in [0.717, 1.165) is 10.2 Å². The molecule has 0 radical (unpaired) electrons. The molecule has 6 nitrogen and oxygen atoms in total. The second kappa shape index (κ2) is 5.18. The van der Waals surface area contributed by atoms with Gasteiger partial charge in [-0.15, -0.1) is 0 Å². The number of rotatable bonds is 2. The molecule has 3 heterocycles. The molecule has 0 aliphatic carbocycles. The number of nitrogens with one attached hydrogen (secondary N) is 2. The molecule has 1 aromatic rings. The number of carbonyl (C=O) groups is 1. The molecule has 0 spiro atoms. The zero-order valence-electron chi connectivity index (χ0n) is 10.7. The Morgan fingerprint density at radius 2 is 2.40 bits per heavy atom. The van der Waals surface area contributed by atoms with E-state index in [1.165, 1.54) is 0 Å². The molecule has 102 valence electrons. The van der Waals surface area contributed by atoms with Crippen LogP contribution in [0.1, 0.15) is 5.69 Å². The lowest BCUT2D eigenvalue weighted by atomic mass is 10.2. The molecule has 2 aliphatic rings. The third-order valence-electron chi connectivity index (χ3n) is 2.96. The molecule has 2 aliphatic heterocycles. The van der Waals surface area contributed by atoms with Gasteiger partial charge in [0.1, 0.15) is 0 Å². The molecule has 7 heteroatoms. The maximum Gasteiger partial charge on any atom is 0.256 e. The lowest BCUT2D eigenvalue weighted by Gasteiger charge is -2.15. The van der Waals surface area contributed by atoms with E-state index in [2.05, 4.69) is 36.6 Å². The summed E-state index contributed by atoms with van der Waals surface area (Å²) in [5.41, 5.74) is 5.22. The number of pyridine rings is 1. The quantitative estimate of drug-likeness (QED) is 0.864. The average molecular weight is 334 g/mol. The Balaban J connectivity index is 1.85. The SMILES string of the molecule is Cc1cc(NC(=O)C2=C3N=CC=CN3NC2)c(Br)cn1. The molecule has 0 fully saturated rings. The highest BCUT2D eigenvalue weighted by Gasteiger charge is 2.26. The van der Waals surface area contributed by atoms with Crippen molar-refractivity contribution < 1.29 is 4.79 Å². The molecular weight excluding hydrogens is 322 g/mol. The lowest BCUT2D eigenvalue weighted by Crippen LogP contribution is -2.27. The van der Waals surface area contributed by atoms with Crippen molar-refractivity contribution in [3.8, 4) is 0 Å². The minimum absolute atomic E-state index is 0.172. The summed E-state index contributed by atoms with van der Waals surface area (Å²) < 4.78 is 0.747. The Morgan fingerprint density at radius 3 is 3.25 bits per heavy atom. The smallest absolute Gasteiger partial charge is 0.256 e. The van der Waals surface area contributed by atoms with Crippen LogP contribution in [-0.4, -0.2) is 28.7 Å². The highest BCUT2D eigenvalue weighted by atomic mass is 79.9. The summed E-state index contributed by atoms with van der Waals surface area (Å²) in [6, 6.07) is 1.82. The first-order chi connectivity index (χ1) is 9.65. The van der Waals surface area contributed by atoms with Crippen LogP contribution < -0.4 is 10.7 Å². The first kappa shape index (κ1) is 13.0. The Bertz CT molecular complexity index is 665. The number of nitrogens with zero attached hydrogens (tertiary/aromatic N) is 3. The maximum absolute atomic E-state index is 12.4. The number of amides is 1. The summed E-state index contributed by atoms with van der Waals surface area (Å²) in [5, 5.41) is 4.62. The van der Waals surface area contributed by atoms with E-state index in [1.807, 2.05) is 19.2 Å². The van der Waals surface area contributed by atoms with Crippen molar-refractivity contribution in [2.75, 3.05) is 11.9 Å². The average Bonchev–Trinajstić information content (AvgIpc) is 2.87. The fourth-order valence-corrected chi connectivity index (χ4v) is 2.30. The van der Waals surface area contributed by atoms with Crippen molar-refractivity contribution in [3.05, 3.63) is 46.1 Å². The number of halogens is 1. The summed E-state index contributed by atoms with van der Waals surface area (Å²) in [6.45, 7) is 2.32. The Labute approximate surface area is 124 Å². The van der Waals surface area contributed by atoms with Gasteiger partial charge in [-0.1, -0.05) is 0 Å². The Morgan fingerprint density at radius 1 is 1.55 bits per heavy atom. The van der Waals surface area contributed by atoms with Crippen molar-refractivity contribution >= 4 is 33.7 Å². The first-order valence-corrected chi connectivity index (χ1v) is 6.84. The number of hydrogen-bond acceptors (Lipinski definition) is 5. The van der Waals surface area contributed by atoms with Crippen LogP contribution in [0.4, 0.5) is 5.69 Å². The molecule has 2 N–H and O–H groups in total. The molecule has 0 unspecified atom stereocenters. The number of aromatic nitrogens is 1. The number of anilines is 1.